The quantitative estimate of drug-likeness (QED) is 0.657. The lowest BCUT2D eigenvalue weighted by atomic mass is 9.92. The highest BCUT2D eigenvalue weighted by Crippen LogP contribution is 2.40. The molecule has 0 spiro atoms. The number of hydrogen-bond donors (Lipinski definition) is 1. The van der Waals surface area contributed by atoms with Crippen molar-refractivity contribution < 1.29 is 9.53 Å². The molecular formula is C12H24N2O2. The van der Waals surface area contributed by atoms with Crippen LogP contribution in [0.15, 0.2) is 0 Å². The first kappa shape index (κ1) is 13.5. The Labute approximate surface area is 98.3 Å². The summed E-state index contributed by atoms with van der Waals surface area (Å²) in [5.74, 6) is 0.339. The minimum atomic E-state index is -0.499. The number of rotatable bonds is 7. The molecule has 1 rings (SSSR count). The van der Waals surface area contributed by atoms with E-state index in [0.29, 0.717) is 12.5 Å². The topological polar surface area (TPSA) is 41.6 Å². The Morgan fingerprint density at radius 2 is 2.12 bits per heavy atom. The minimum absolute atomic E-state index is 0.0969. The van der Waals surface area contributed by atoms with Crippen LogP contribution < -0.4 is 5.32 Å². The van der Waals surface area contributed by atoms with E-state index in [4.69, 9.17) is 4.74 Å². The van der Waals surface area contributed by atoms with E-state index in [1.807, 2.05) is 21.0 Å². The summed E-state index contributed by atoms with van der Waals surface area (Å²) in [6, 6.07) is 0. The van der Waals surface area contributed by atoms with Crippen LogP contribution in [0, 0.1) is 5.92 Å². The summed E-state index contributed by atoms with van der Waals surface area (Å²) in [7, 11) is 3.90. The molecule has 1 saturated carbocycles. The standard InChI is InChI=1S/C12H24N2O2/c1-5-14(4)9-12(13-3,10-7-8-10)11(15)16-6-2/h10,13H,5-9H2,1-4H3. The third kappa shape index (κ3) is 2.74. The van der Waals surface area contributed by atoms with Crippen molar-refractivity contribution >= 4 is 5.97 Å². The summed E-state index contributed by atoms with van der Waals surface area (Å²) in [6.45, 7) is 6.07. The Balaban J connectivity index is 2.77. The van der Waals surface area contributed by atoms with E-state index in [-0.39, 0.29) is 5.97 Å². The van der Waals surface area contributed by atoms with Crippen LogP contribution in [0.25, 0.3) is 0 Å². The molecule has 0 radical (unpaired) electrons. The van der Waals surface area contributed by atoms with Crippen molar-refractivity contribution in [2.75, 3.05) is 33.8 Å². The van der Waals surface area contributed by atoms with E-state index in [1.54, 1.807) is 0 Å². The highest BCUT2D eigenvalue weighted by Gasteiger charge is 2.51. The van der Waals surface area contributed by atoms with Crippen LogP contribution in [0.3, 0.4) is 0 Å². The molecule has 0 aliphatic heterocycles. The fraction of sp³-hybridized carbons (Fsp3) is 0.917. The first-order valence-corrected chi connectivity index (χ1v) is 6.15. The summed E-state index contributed by atoms with van der Waals surface area (Å²) in [5.41, 5.74) is -0.499. The molecule has 4 nitrogen and oxygen atoms in total. The zero-order valence-corrected chi connectivity index (χ0v) is 10.9. The van der Waals surface area contributed by atoms with Crippen molar-refractivity contribution in [2.24, 2.45) is 5.92 Å². The van der Waals surface area contributed by atoms with Gasteiger partial charge in [0.15, 0.2) is 0 Å². The van der Waals surface area contributed by atoms with Gasteiger partial charge in [-0.2, -0.15) is 0 Å². The molecule has 1 N–H and O–H groups in total. The smallest absolute Gasteiger partial charge is 0.327 e. The Morgan fingerprint density at radius 3 is 2.50 bits per heavy atom. The maximum atomic E-state index is 12.1. The Kier molecular flexibility index (Phi) is 4.74. The van der Waals surface area contributed by atoms with Crippen LogP contribution in [0.2, 0.25) is 0 Å². The normalized spacial score (nSPS) is 19.6. The second kappa shape index (κ2) is 5.64. The first-order valence-electron chi connectivity index (χ1n) is 6.15. The van der Waals surface area contributed by atoms with Crippen LogP contribution in [-0.4, -0.2) is 50.2 Å². The zero-order chi connectivity index (χ0) is 12.2. The summed E-state index contributed by atoms with van der Waals surface area (Å²) >= 11 is 0. The number of carbonyl (C=O) groups excluding carboxylic acids is 1. The lowest BCUT2D eigenvalue weighted by molar-refractivity contribution is -0.153. The predicted octanol–water partition coefficient (Wildman–Crippen LogP) is 0.869. The van der Waals surface area contributed by atoms with Crippen molar-refractivity contribution in [3.8, 4) is 0 Å². The van der Waals surface area contributed by atoms with Gasteiger partial charge in [-0.25, -0.2) is 4.79 Å². The fourth-order valence-corrected chi connectivity index (χ4v) is 2.12. The summed E-state index contributed by atoms with van der Waals surface area (Å²) in [5, 5.41) is 3.21. The van der Waals surface area contributed by atoms with Gasteiger partial charge in [0.2, 0.25) is 0 Å². The number of esters is 1. The zero-order valence-electron chi connectivity index (χ0n) is 10.9. The number of carbonyl (C=O) groups is 1. The molecule has 0 heterocycles. The van der Waals surface area contributed by atoms with Gasteiger partial charge in [-0.05, 0) is 46.3 Å². The molecule has 94 valence electrons. The molecule has 0 aromatic carbocycles. The van der Waals surface area contributed by atoms with E-state index >= 15 is 0 Å². The van der Waals surface area contributed by atoms with Crippen LogP contribution in [0.4, 0.5) is 0 Å². The van der Waals surface area contributed by atoms with E-state index < -0.39 is 5.54 Å². The molecule has 0 aromatic heterocycles. The van der Waals surface area contributed by atoms with Gasteiger partial charge < -0.3 is 15.0 Å². The summed E-state index contributed by atoms with van der Waals surface area (Å²) < 4.78 is 5.22. The lowest BCUT2D eigenvalue weighted by Crippen LogP contribution is -2.59. The Bertz CT molecular complexity index is 241. The third-order valence-corrected chi connectivity index (χ3v) is 3.42. The lowest BCUT2D eigenvalue weighted by Gasteiger charge is -2.34. The number of hydrogen-bond acceptors (Lipinski definition) is 4. The molecule has 1 unspecified atom stereocenters. The highest BCUT2D eigenvalue weighted by molar-refractivity contribution is 5.82. The number of likely N-dealkylation sites (N-methyl/N-ethyl adjacent to an activating group) is 2. The highest BCUT2D eigenvalue weighted by atomic mass is 16.5. The van der Waals surface area contributed by atoms with Gasteiger partial charge in [0, 0.05) is 6.54 Å². The van der Waals surface area contributed by atoms with Gasteiger partial charge in [0.25, 0.3) is 0 Å². The van der Waals surface area contributed by atoms with Crippen LogP contribution in [-0.2, 0) is 9.53 Å². The molecule has 16 heavy (non-hydrogen) atoms. The van der Waals surface area contributed by atoms with Crippen molar-refractivity contribution in [1.29, 1.82) is 0 Å². The molecule has 1 aliphatic rings. The minimum Gasteiger partial charge on any atom is -0.465 e. The SMILES string of the molecule is CCOC(=O)C(CN(C)CC)(NC)C1CC1. The van der Waals surface area contributed by atoms with Crippen LogP contribution in [0.5, 0.6) is 0 Å². The van der Waals surface area contributed by atoms with Crippen LogP contribution in [0.1, 0.15) is 26.7 Å². The molecular weight excluding hydrogens is 204 g/mol. The van der Waals surface area contributed by atoms with Crippen molar-refractivity contribution in [3.05, 3.63) is 0 Å². The molecule has 4 heteroatoms. The largest absolute Gasteiger partial charge is 0.465 e. The summed E-state index contributed by atoms with van der Waals surface area (Å²) in [6.07, 6.45) is 2.24. The number of ether oxygens (including phenoxy) is 1. The fourth-order valence-electron chi connectivity index (χ4n) is 2.12. The van der Waals surface area contributed by atoms with Gasteiger partial charge in [-0.3, -0.25) is 0 Å². The van der Waals surface area contributed by atoms with Crippen molar-refractivity contribution in [2.45, 2.75) is 32.2 Å². The van der Waals surface area contributed by atoms with Crippen molar-refractivity contribution in [1.82, 2.24) is 10.2 Å². The molecule has 1 aliphatic carbocycles. The summed E-state index contributed by atoms with van der Waals surface area (Å²) in [4.78, 5) is 14.3. The molecule has 0 saturated heterocycles. The second-order valence-electron chi connectivity index (χ2n) is 4.55. The number of nitrogens with zero attached hydrogens (tertiary/aromatic N) is 1. The van der Waals surface area contributed by atoms with E-state index in [9.17, 15) is 4.79 Å². The van der Waals surface area contributed by atoms with E-state index in [2.05, 4.69) is 17.1 Å². The molecule has 1 atom stereocenters. The van der Waals surface area contributed by atoms with Crippen molar-refractivity contribution in [3.63, 3.8) is 0 Å². The second-order valence-corrected chi connectivity index (χ2v) is 4.55. The predicted molar refractivity (Wildman–Crippen MR) is 64.3 cm³/mol. The average Bonchev–Trinajstić information content (AvgIpc) is 3.10. The number of nitrogens with one attached hydrogen (secondary N) is 1. The Morgan fingerprint density at radius 1 is 1.50 bits per heavy atom. The molecule has 0 amide bonds. The van der Waals surface area contributed by atoms with Gasteiger partial charge in [0.05, 0.1) is 6.61 Å². The average molecular weight is 228 g/mol. The van der Waals surface area contributed by atoms with Gasteiger partial charge in [-0.15, -0.1) is 0 Å². The third-order valence-electron chi connectivity index (χ3n) is 3.42. The van der Waals surface area contributed by atoms with Crippen LogP contribution >= 0.6 is 0 Å². The molecule has 0 bridgehead atoms. The first-order chi connectivity index (χ1) is 7.60. The molecule has 1 fully saturated rings. The maximum absolute atomic E-state index is 12.1. The van der Waals surface area contributed by atoms with Gasteiger partial charge in [-0.1, -0.05) is 6.92 Å². The maximum Gasteiger partial charge on any atom is 0.327 e. The van der Waals surface area contributed by atoms with E-state index in [1.165, 1.54) is 0 Å². The Hall–Kier alpha value is -0.610. The van der Waals surface area contributed by atoms with E-state index in [0.717, 1.165) is 25.9 Å². The van der Waals surface area contributed by atoms with Gasteiger partial charge >= 0.3 is 5.97 Å². The monoisotopic (exact) mass is 228 g/mol. The van der Waals surface area contributed by atoms with Gasteiger partial charge in [0.1, 0.15) is 5.54 Å². The molecule has 0 aromatic rings.